The molecule has 100 valence electrons. The molecule has 3 aromatic rings. The minimum atomic E-state index is -0.596. The van der Waals surface area contributed by atoms with Crippen LogP contribution < -0.4 is 0 Å². The molecule has 1 N–H and O–H groups in total. The Bertz CT molecular complexity index is 806. The number of carbonyl (C=O) groups excluding carboxylic acids is 1. The zero-order valence-electron chi connectivity index (χ0n) is 10.1. The second kappa shape index (κ2) is 4.83. The quantitative estimate of drug-likeness (QED) is 0.690. The molecule has 2 aromatic carbocycles. The summed E-state index contributed by atoms with van der Waals surface area (Å²) < 4.78 is 27.3. The van der Waals surface area contributed by atoms with Gasteiger partial charge in [0.15, 0.2) is 5.78 Å². The second-order valence-electron chi connectivity index (χ2n) is 4.32. The fourth-order valence-corrected chi connectivity index (χ4v) is 2.66. The molecule has 0 fully saturated rings. The van der Waals surface area contributed by atoms with Gasteiger partial charge in [-0.1, -0.05) is 6.07 Å². The molecule has 0 bridgehead atoms. The number of hydrogen-bond acceptors (Lipinski definition) is 1. The van der Waals surface area contributed by atoms with Gasteiger partial charge in [0.2, 0.25) is 0 Å². The Kier molecular flexibility index (Phi) is 3.14. The summed E-state index contributed by atoms with van der Waals surface area (Å²) in [6, 6.07) is 8.41. The number of H-pyrrole nitrogens is 1. The van der Waals surface area contributed by atoms with Gasteiger partial charge in [-0.3, -0.25) is 4.79 Å². The van der Waals surface area contributed by atoms with E-state index < -0.39 is 17.4 Å². The number of nitrogens with one attached hydrogen (secondary N) is 1. The predicted molar refractivity (Wildman–Crippen MR) is 75.8 cm³/mol. The van der Waals surface area contributed by atoms with Crippen molar-refractivity contribution in [1.29, 1.82) is 0 Å². The molecule has 0 aliphatic rings. The van der Waals surface area contributed by atoms with Crippen molar-refractivity contribution < 1.29 is 13.6 Å². The van der Waals surface area contributed by atoms with Gasteiger partial charge in [-0.25, -0.2) is 8.78 Å². The van der Waals surface area contributed by atoms with Crippen LogP contribution in [0.2, 0.25) is 0 Å². The Balaban J connectivity index is 2.18. The van der Waals surface area contributed by atoms with Gasteiger partial charge in [-0.2, -0.15) is 0 Å². The van der Waals surface area contributed by atoms with Crippen LogP contribution in [0.25, 0.3) is 10.9 Å². The lowest BCUT2D eigenvalue weighted by molar-refractivity contribution is 0.103. The lowest BCUT2D eigenvalue weighted by Crippen LogP contribution is -2.04. The number of hydrogen-bond donors (Lipinski definition) is 1. The zero-order chi connectivity index (χ0) is 14.3. The Hall–Kier alpha value is -2.01. The van der Waals surface area contributed by atoms with Crippen molar-refractivity contribution >= 4 is 32.6 Å². The molecule has 0 spiro atoms. The summed E-state index contributed by atoms with van der Waals surface area (Å²) in [7, 11) is 0. The first-order chi connectivity index (χ1) is 9.58. The normalized spacial score (nSPS) is 10.9. The van der Waals surface area contributed by atoms with E-state index in [9.17, 15) is 13.6 Å². The molecule has 0 saturated carbocycles. The maximum Gasteiger partial charge on any atom is 0.199 e. The molecule has 2 nitrogen and oxygen atoms in total. The van der Waals surface area contributed by atoms with Crippen LogP contribution in [0.3, 0.4) is 0 Å². The van der Waals surface area contributed by atoms with Crippen molar-refractivity contribution in [3.8, 4) is 0 Å². The standard InChI is InChI=1S/C15H8BrF2NO/c16-11-2-1-3-12(18)14(11)15(20)10-7-19-13-6-8(17)4-5-9(10)13/h1-7,19H. The highest BCUT2D eigenvalue weighted by Crippen LogP contribution is 2.27. The molecule has 0 aliphatic heterocycles. The predicted octanol–water partition coefficient (Wildman–Crippen LogP) is 4.44. The molecular formula is C15H8BrF2NO. The number of halogens is 3. The van der Waals surface area contributed by atoms with E-state index in [4.69, 9.17) is 0 Å². The second-order valence-corrected chi connectivity index (χ2v) is 5.17. The number of carbonyl (C=O) groups is 1. The van der Waals surface area contributed by atoms with Crippen molar-refractivity contribution in [2.24, 2.45) is 0 Å². The maximum atomic E-state index is 13.8. The summed E-state index contributed by atoms with van der Waals surface area (Å²) in [5.74, 6) is -1.45. The topological polar surface area (TPSA) is 32.9 Å². The van der Waals surface area contributed by atoms with E-state index in [1.165, 1.54) is 36.5 Å². The van der Waals surface area contributed by atoms with Gasteiger partial charge in [0.1, 0.15) is 11.6 Å². The van der Waals surface area contributed by atoms with Crippen LogP contribution in [-0.2, 0) is 0 Å². The van der Waals surface area contributed by atoms with E-state index in [0.717, 1.165) is 0 Å². The monoisotopic (exact) mass is 335 g/mol. The fraction of sp³-hybridized carbons (Fsp3) is 0. The Morgan fingerprint density at radius 3 is 2.70 bits per heavy atom. The SMILES string of the molecule is O=C(c1c(F)cccc1Br)c1c[nH]c2cc(F)ccc12. The number of ketones is 1. The van der Waals surface area contributed by atoms with E-state index in [-0.39, 0.29) is 5.56 Å². The Morgan fingerprint density at radius 2 is 1.95 bits per heavy atom. The first-order valence-electron chi connectivity index (χ1n) is 5.83. The molecule has 0 saturated heterocycles. The van der Waals surface area contributed by atoms with Crippen molar-refractivity contribution in [3.63, 3.8) is 0 Å². The summed E-state index contributed by atoms with van der Waals surface area (Å²) in [5.41, 5.74) is 0.782. The van der Waals surface area contributed by atoms with Gasteiger partial charge in [-0.15, -0.1) is 0 Å². The third-order valence-electron chi connectivity index (χ3n) is 3.08. The number of aromatic amines is 1. The number of aromatic nitrogens is 1. The summed E-state index contributed by atoms with van der Waals surface area (Å²) in [5, 5.41) is 0.562. The molecular weight excluding hydrogens is 328 g/mol. The molecule has 0 unspecified atom stereocenters. The van der Waals surface area contributed by atoms with Crippen LogP contribution in [0.1, 0.15) is 15.9 Å². The minimum absolute atomic E-state index is 0.0299. The first kappa shape index (κ1) is 13.0. The van der Waals surface area contributed by atoms with E-state index in [0.29, 0.717) is 20.9 Å². The molecule has 5 heteroatoms. The van der Waals surface area contributed by atoms with Gasteiger partial charge >= 0.3 is 0 Å². The average molecular weight is 336 g/mol. The first-order valence-corrected chi connectivity index (χ1v) is 6.62. The lowest BCUT2D eigenvalue weighted by Gasteiger charge is -2.04. The zero-order valence-corrected chi connectivity index (χ0v) is 11.7. The minimum Gasteiger partial charge on any atom is -0.360 e. The summed E-state index contributed by atoms with van der Waals surface area (Å²) in [4.78, 5) is 15.3. The van der Waals surface area contributed by atoms with Gasteiger partial charge in [0.25, 0.3) is 0 Å². The molecule has 0 atom stereocenters. The van der Waals surface area contributed by atoms with Crippen molar-refractivity contribution in [2.45, 2.75) is 0 Å². The highest BCUT2D eigenvalue weighted by molar-refractivity contribution is 9.10. The van der Waals surface area contributed by atoms with Crippen LogP contribution >= 0.6 is 15.9 Å². The molecule has 0 radical (unpaired) electrons. The molecule has 1 heterocycles. The summed E-state index contributed by atoms with van der Waals surface area (Å²) >= 11 is 3.18. The van der Waals surface area contributed by atoms with Crippen LogP contribution in [0.15, 0.2) is 47.1 Å². The van der Waals surface area contributed by atoms with E-state index in [1.54, 1.807) is 6.07 Å². The van der Waals surface area contributed by atoms with Gasteiger partial charge in [0.05, 0.1) is 5.56 Å². The number of rotatable bonds is 2. The molecule has 20 heavy (non-hydrogen) atoms. The van der Waals surface area contributed by atoms with Gasteiger partial charge < -0.3 is 4.98 Å². The lowest BCUT2D eigenvalue weighted by atomic mass is 10.0. The van der Waals surface area contributed by atoms with E-state index in [2.05, 4.69) is 20.9 Å². The third kappa shape index (κ3) is 2.04. The highest BCUT2D eigenvalue weighted by Gasteiger charge is 2.20. The van der Waals surface area contributed by atoms with Gasteiger partial charge in [-0.05, 0) is 46.3 Å². The highest BCUT2D eigenvalue weighted by atomic mass is 79.9. The van der Waals surface area contributed by atoms with E-state index in [1.807, 2.05) is 0 Å². The fourth-order valence-electron chi connectivity index (χ4n) is 2.14. The summed E-state index contributed by atoms with van der Waals surface area (Å²) in [6.45, 7) is 0. The molecule has 1 aromatic heterocycles. The largest absolute Gasteiger partial charge is 0.360 e. The van der Waals surface area contributed by atoms with Crippen LogP contribution in [0, 0.1) is 11.6 Å². The molecule has 3 rings (SSSR count). The van der Waals surface area contributed by atoms with Crippen molar-refractivity contribution in [2.75, 3.05) is 0 Å². The molecule has 0 aliphatic carbocycles. The van der Waals surface area contributed by atoms with Gasteiger partial charge in [0, 0.05) is 27.1 Å². The van der Waals surface area contributed by atoms with Crippen LogP contribution in [-0.4, -0.2) is 10.8 Å². The van der Waals surface area contributed by atoms with Crippen molar-refractivity contribution in [1.82, 2.24) is 4.98 Å². The van der Waals surface area contributed by atoms with Crippen LogP contribution in [0.5, 0.6) is 0 Å². The Labute approximate surface area is 121 Å². The summed E-state index contributed by atoms with van der Waals surface area (Å²) in [6.07, 6.45) is 1.46. The average Bonchev–Trinajstić information content (AvgIpc) is 2.81. The smallest absolute Gasteiger partial charge is 0.199 e. The third-order valence-corrected chi connectivity index (χ3v) is 3.74. The van der Waals surface area contributed by atoms with E-state index >= 15 is 0 Å². The van der Waals surface area contributed by atoms with Crippen molar-refractivity contribution in [3.05, 3.63) is 69.8 Å². The number of fused-ring (bicyclic) bond motifs is 1. The maximum absolute atomic E-state index is 13.8. The Morgan fingerprint density at radius 1 is 1.15 bits per heavy atom. The molecule has 0 amide bonds. The van der Waals surface area contributed by atoms with Crippen LogP contribution in [0.4, 0.5) is 8.78 Å². The number of benzene rings is 2.